The lowest BCUT2D eigenvalue weighted by Gasteiger charge is -2.32. The molecule has 2 N–H and O–H groups in total. The van der Waals surface area contributed by atoms with Gasteiger partial charge in [0.25, 0.3) is 0 Å². The molecule has 0 aliphatic carbocycles. The molecule has 32 heavy (non-hydrogen) atoms. The number of hydrogen-bond acceptors (Lipinski definition) is 5. The van der Waals surface area contributed by atoms with E-state index >= 15 is 0 Å². The average Bonchev–Trinajstić information content (AvgIpc) is 2.82. The lowest BCUT2D eigenvalue weighted by molar-refractivity contribution is 0.0696. The number of carboxylic acids is 1. The van der Waals surface area contributed by atoms with Crippen molar-refractivity contribution in [3.63, 3.8) is 0 Å². The Labute approximate surface area is 192 Å². The Hall–Kier alpha value is -3.09. The van der Waals surface area contributed by atoms with Crippen molar-refractivity contribution in [1.82, 2.24) is 9.88 Å². The molecule has 1 aliphatic rings. The molecule has 0 bridgehead atoms. The smallest absolute Gasteiger partial charge is 0.337 e. The summed E-state index contributed by atoms with van der Waals surface area (Å²) in [7, 11) is 0. The van der Waals surface area contributed by atoms with Gasteiger partial charge in [0.05, 0.1) is 5.56 Å². The number of likely N-dealkylation sites (tertiary alicyclic amines) is 1. The molecule has 1 aromatic heterocycles. The molecule has 0 atom stereocenters. The zero-order valence-corrected chi connectivity index (χ0v) is 18.5. The maximum atomic E-state index is 10.9. The summed E-state index contributed by atoms with van der Waals surface area (Å²) in [5.74, 6) is 1.93. The molecule has 7 heteroatoms. The Kier molecular flexibility index (Phi) is 7.24. The van der Waals surface area contributed by atoms with Crippen molar-refractivity contribution in [2.75, 3.05) is 25.0 Å². The topological polar surface area (TPSA) is 74.7 Å². The van der Waals surface area contributed by atoms with Crippen molar-refractivity contribution in [3.8, 4) is 11.5 Å². The number of hydrogen-bond donors (Lipinski definition) is 2. The van der Waals surface area contributed by atoms with Crippen molar-refractivity contribution >= 4 is 23.4 Å². The predicted molar refractivity (Wildman–Crippen MR) is 126 cm³/mol. The third-order valence-corrected chi connectivity index (χ3v) is 5.92. The number of carbonyl (C=O) groups is 1. The van der Waals surface area contributed by atoms with Gasteiger partial charge in [-0.25, -0.2) is 9.78 Å². The Morgan fingerprint density at radius 2 is 1.69 bits per heavy atom. The molecule has 2 heterocycles. The van der Waals surface area contributed by atoms with Gasteiger partial charge in [-0.2, -0.15) is 0 Å². The van der Waals surface area contributed by atoms with Gasteiger partial charge in [0.2, 0.25) is 0 Å². The summed E-state index contributed by atoms with van der Waals surface area (Å²) in [6.07, 6.45) is 3.63. The van der Waals surface area contributed by atoms with Crippen LogP contribution >= 0.6 is 11.6 Å². The van der Waals surface area contributed by atoms with Crippen LogP contribution in [0.25, 0.3) is 0 Å². The molecule has 2 aromatic carbocycles. The van der Waals surface area contributed by atoms with Crippen LogP contribution in [0.15, 0.2) is 66.9 Å². The van der Waals surface area contributed by atoms with Crippen molar-refractivity contribution < 1.29 is 14.6 Å². The second kappa shape index (κ2) is 10.5. The van der Waals surface area contributed by atoms with E-state index in [9.17, 15) is 4.79 Å². The highest BCUT2D eigenvalue weighted by molar-refractivity contribution is 6.30. The minimum absolute atomic E-state index is 0.202. The number of aromatic carboxylic acids is 1. The highest BCUT2D eigenvalue weighted by Gasteiger charge is 2.19. The van der Waals surface area contributed by atoms with Gasteiger partial charge in [-0.3, -0.25) is 4.90 Å². The van der Waals surface area contributed by atoms with Crippen molar-refractivity contribution in [1.29, 1.82) is 0 Å². The lowest BCUT2D eigenvalue weighted by atomic mass is 9.96. The molecular formula is C25H26ClN3O3. The monoisotopic (exact) mass is 451 g/mol. The maximum Gasteiger partial charge on any atom is 0.337 e. The van der Waals surface area contributed by atoms with Crippen LogP contribution in [0.3, 0.4) is 0 Å². The fraction of sp³-hybridized carbons (Fsp3) is 0.280. The first-order valence-corrected chi connectivity index (χ1v) is 11.1. The fourth-order valence-corrected chi connectivity index (χ4v) is 3.91. The van der Waals surface area contributed by atoms with E-state index in [1.807, 2.05) is 36.4 Å². The molecule has 6 nitrogen and oxygen atoms in total. The molecule has 0 spiro atoms. The number of halogens is 1. The SMILES string of the molecule is O=C(O)c1ccc(NCC2CCN(Cc3ccc(Oc4ccc(Cl)cc4)cc3)CC2)nc1. The van der Waals surface area contributed by atoms with E-state index in [-0.39, 0.29) is 5.56 Å². The van der Waals surface area contributed by atoms with E-state index in [4.69, 9.17) is 21.4 Å². The molecule has 3 aromatic rings. The van der Waals surface area contributed by atoms with E-state index in [0.29, 0.717) is 10.9 Å². The van der Waals surface area contributed by atoms with Gasteiger partial charge in [0.1, 0.15) is 17.3 Å². The Balaban J connectivity index is 1.20. The molecular weight excluding hydrogens is 426 g/mol. The Morgan fingerprint density at radius 1 is 1.03 bits per heavy atom. The van der Waals surface area contributed by atoms with Gasteiger partial charge >= 0.3 is 5.97 Å². The van der Waals surface area contributed by atoms with E-state index in [1.165, 1.54) is 11.8 Å². The zero-order valence-electron chi connectivity index (χ0n) is 17.7. The third kappa shape index (κ3) is 6.22. The van der Waals surface area contributed by atoms with Crippen LogP contribution in [0, 0.1) is 5.92 Å². The maximum absolute atomic E-state index is 10.9. The second-order valence-electron chi connectivity index (χ2n) is 8.04. The number of carboxylic acid groups (broad SMARTS) is 1. The summed E-state index contributed by atoms with van der Waals surface area (Å²) in [5, 5.41) is 13.0. The number of aromatic nitrogens is 1. The number of ether oxygens (including phenoxy) is 1. The molecule has 166 valence electrons. The van der Waals surface area contributed by atoms with Crippen molar-refractivity contribution in [2.24, 2.45) is 5.92 Å². The minimum Gasteiger partial charge on any atom is -0.478 e. The number of nitrogens with zero attached hydrogens (tertiary/aromatic N) is 2. The Bertz CT molecular complexity index is 1020. The second-order valence-corrected chi connectivity index (χ2v) is 8.47. The van der Waals surface area contributed by atoms with Crippen LogP contribution in [0.2, 0.25) is 5.02 Å². The van der Waals surface area contributed by atoms with Crippen LogP contribution in [0.4, 0.5) is 5.82 Å². The Morgan fingerprint density at radius 3 is 2.28 bits per heavy atom. The molecule has 0 amide bonds. The first-order valence-electron chi connectivity index (χ1n) is 10.7. The largest absolute Gasteiger partial charge is 0.478 e. The summed E-state index contributed by atoms with van der Waals surface area (Å²) in [4.78, 5) is 17.6. The molecule has 1 aliphatic heterocycles. The quantitative estimate of drug-likeness (QED) is 0.467. The summed E-state index contributed by atoms with van der Waals surface area (Å²) in [6.45, 7) is 3.89. The molecule has 1 fully saturated rings. The highest BCUT2D eigenvalue weighted by Crippen LogP contribution is 2.24. The van der Waals surface area contributed by atoms with Gasteiger partial charge in [-0.05, 0) is 85.9 Å². The van der Waals surface area contributed by atoms with Gasteiger partial charge in [0.15, 0.2) is 0 Å². The van der Waals surface area contributed by atoms with Gasteiger partial charge in [-0.15, -0.1) is 0 Å². The summed E-state index contributed by atoms with van der Waals surface area (Å²) < 4.78 is 5.86. The standard InChI is InChI=1S/C25H26ClN3O3/c26-21-4-8-23(9-5-21)32-22-6-1-19(2-7-22)17-29-13-11-18(12-14-29)15-27-24-10-3-20(16-28-24)25(30)31/h1-10,16,18H,11-15,17H2,(H,27,28)(H,30,31). The minimum atomic E-state index is -0.958. The number of benzene rings is 2. The first-order chi connectivity index (χ1) is 15.5. The van der Waals surface area contributed by atoms with Crippen LogP contribution in [-0.4, -0.2) is 40.6 Å². The van der Waals surface area contributed by atoms with Gasteiger partial charge < -0.3 is 15.2 Å². The molecule has 0 radical (unpaired) electrons. The average molecular weight is 452 g/mol. The van der Waals surface area contributed by atoms with Crippen molar-refractivity contribution in [3.05, 3.63) is 83.0 Å². The summed E-state index contributed by atoms with van der Waals surface area (Å²) >= 11 is 5.91. The van der Waals surface area contributed by atoms with Crippen molar-refractivity contribution in [2.45, 2.75) is 19.4 Å². The predicted octanol–water partition coefficient (Wildman–Crippen LogP) is 5.55. The van der Waals surface area contributed by atoms with Gasteiger partial charge in [0, 0.05) is 24.3 Å². The van der Waals surface area contributed by atoms with E-state index in [1.54, 1.807) is 12.1 Å². The normalized spacial score (nSPS) is 14.8. The van der Waals surface area contributed by atoms with Crippen LogP contribution in [-0.2, 0) is 6.54 Å². The number of rotatable bonds is 8. The van der Waals surface area contributed by atoms with E-state index in [2.05, 4.69) is 27.3 Å². The molecule has 0 unspecified atom stereocenters. The van der Waals surface area contributed by atoms with Gasteiger partial charge in [-0.1, -0.05) is 23.7 Å². The van der Waals surface area contributed by atoms with Crippen LogP contribution in [0.5, 0.6) is 11.5 Å². The molecule has 1 saturated heterocycles. The molecule has 0 saturated carbocycles. The van der Waals surface area contributed by atoms with E-state index < -0.39 is 5.97 Å². The molecule has 4 rings (SSSR count). The highest BCUT2D eigenvalue weighted by atomic mass is 35.5. The first kappa shape index (κ1) is 22.1. The number of piperidine rings is 1. The summed E-state index contributed by atoms with van der Waals surface area (Å²) in [6, 6.07) is 18.9. The van der Waals surface area contributed by atoms with Crippen LogP contribution in [0.1, 0.15) is 28.8 Å². The third-order valence-electron chi connectivity index (χ3n) is 5.67. The van der Waals surface area contributed by atoms with Crippen LogP contribution < -0.4 is 10.1 Å². The lowest BCUT2D eigenvalue weighted by Crippen LogP contribution is -2.35. The fourth-order valence-electron chi connectivity index (χ4n) is 3.78. The number of pyridine rings is 1. The van der Waals surface area contributed by atoms with E-state index in [0.717, 1.165) is 56.3 Å². The number of nitrogens with one attached hydrogen (secondary N) is 1. The number of anilines is 1. The zero-order chi connectivity index (χ0) is 22.3. The summed E-state index contributed by atoms with van der Waals surface area (Å²) in [5.41, 5.74) is 1.47.